The molecule has 4 N–H and O–H groups in total. The lowest BCUT2D eigenvalue weighted by molar-refractivity contribution is 0.0946. The first-order valence-electron chi connectivity index (χ1n) is 12.3. The van der Waals surface area contributed by atoms with E-state index < -0.39 is 11.5 Å². The minimum absolute atomic E-state index is 0.117. The fraction of sp³-hybridized carbons (Fsp3) is 0.0645. The Bertz CT molecular complexity index is 1770. The van der Waals surface area contributed by atoms with Crippen LogP contribution in [0.5, 0.6) is 5.75 Å². The number of rotatable bonds is 8. The zero-order chi connectivity index (χ0) is 28.1. The topological polar surface area (TPSA) is 124 Å². The highest BCUT2D eigenvalue weighted by molar-refractivity contribution is 6.31. The summed E-state index contributed by atoms with van der Waals surface area (Å²) in [5.74, 6) is -0.382. The van der Waals surface area contributed by atoms with E-state index in [9.17, 15) is 14.4 Å². The van der Waals surface area contributed by atoms with E-state index >= 15 is 0 Å². The largest absolute Gasteiger partial charge is 0.489 e. The fourth-order valence-corrected chi connectivity index (χ4v) is 4.16. The zero-order valence-corrected chi connectivity index (χ0v) is 21.9. The zero-order valence-electron chi connectivity index (χ0n) is 21.1. The molecule has 0 atom stereocenters. The molecular formula is C31H24ClN3O5. The van der Waals surface area contributed by atoms with E-state index in [2.05, 4.69) is 10.6 Å². The van der Waals surface area contributed by atoms with Gasteiger partial charge in [-0.1, -0.05) is 54.1 Å². The second-order valence-electron chi connectivity index (χ2n) is 8.95. The molecule has 1 aromatic heterocycles. The second kappa shape index (κ2) is 11.8. The van der Waals surface area contributed by atoms with Crippen LogP contribution in [0.1, 0.15) is 31.8 Å². The smallest absolute Gasteiger partial charge is 0.349 e. The van der Waals surface area contributed by atoms with Crippen LogP contribution in [0.25, 0.3) is 11.0 Å². The SMILES string of the molecule is Nc1ccccc1NC(=O)c1ccc(CNC(=O)c2cc3ccc(OCc4ccccc4Cl)cc3oc2=O)cc1. The van der Waals surface area contributed by atoms with Crippen molar-refractivity contribution in [3.05, 3.63) is 135 Å². The first kappa shape index (κ1) is 26.5. The summed E-state index contributed by atoms with van der Waals surface area (Å²) < 4.78 is 11.2. The predicted octanol–water partition coefficient (Wildman–Crippen LogP) is 5.79. The third-order valence-electron chi connectivity index (χ3n) is 6.18. The molecule has 0 saturated heterocycles. The van der Waals surface area contributed by atoms with E-state index in [1.807, 2.05) is 18.2 Å². The van der Waals surface area contributed by atoms with Gasteiger partial charge in [0.2, 0.25) is 0 Å². The molecule has 0 radical (unpaired) electrons. The van der Waals surface area contributed by atoms with Crippen LogP contribution in [0.15, 0.2) is 106 Å². The lowest BCUT2D eigenvalue weighted by atomic mass is 10.1. The summed E-state index contributed by atoms with van der Waals surface area (Å²) in [6.45, 7) is 0.405. The van der Waals surface area contributed by atoms with Gasteiger partial charge in [-0.3, -0.25) is 9.59 Å². The van der Waals surface area contributed by atoms with Crippen molar-refractivity contribution in [3.63, 3.8) is 0 Å². The number of ether oxygens (including phenoxy) is 1. The molecule has 5 aromatic rings. The summed E-state index contributed by atoms with van der Waals surface area (Å²) >= 11 is 6.17. The fourth-order valence-electron chi connectivity index (χ4n) is 3.97. The monoisotopic (exact) mass is 553 g/mol. The first-order chi connectivity index (χ1) is 19.4. The summed E-state index contributed by atoms with van der Waals surface area (Å²) in [4.78, 5) is 37.9. The molecule has 0 aliphatic carbocycles. The minimum Gasteiger partial charge on any atom is -0.489 e. The molecule has 9 heteroatoms. The molecule has 40 heavy (non-hydrogen) atoms. The van der Waals surface area contributed by atoms with Gasteiger partial charge in [-0.2, -0.15) is 0 Å². The predicted molar refractivity (Wildman–Crippen MR) is 155 cm³/mol. The number of para-hydroxylation sites is 2. The number of nitrogens with two attached hydrogens (primary N) is 1. The molecule has 5 rings (SSSR count). The van der Waals surface area contributed by atoms with Gasteiger partial charge in [0, 0.05) is 34.1 Å². The van der Waals surface area contributed by atoms with Crippen molar-refractivity contribution in [1.82, 2.24) is 5.32 Å². The molecule has 2 amide bonds. The van der Waals surface area contributed by atoms with Gasteiger partial charge in [0.25, 0.3) is 11.8 Å². The van der Waals surface area contributed by atoms with Crippen LogP contribution >= 0.6 is 11.6 Å². The quantitative estimate of drug-likeness (QED) is 0.165. The average molecular weight is 554 g/mol. The van der Waals surface area contributed by atoms with Crippen LogP contribution in [0.4, 0.5) is 11.4 Å². The summed E-state index contributed by atoms with van der Waals surface area (Å²) in [6.07, 6.45) is 0. The number of carbonyl (C=O) groups is 2. The Morgan fingerprint density at radius 2 is 1.62 bits per heavy atom. The molecule has 0 bridgehead atoms. The third-order valence-corrected chi connectivity index (χ3v) is 6.55. The maximum Gasteiger partial charge on any atom is 0.349 e. The standard InChI is InChI=1S/C31H24ClN3O5/c32-25-6-2-1-5-22(25)18-39-23-14-13-21-15-24(31(38)40-28(21)16-23)30(37)34-17-19-9-11-20(12-10-19)29(36)35-27-8-4-3-7-26(27)33/h1-16H,17-18,33H2,(H,34,37)(H,35,36). The van der Waals surface area contributed by atoms with Gasteiger partial charge in [0.1, 0.15) is 23.5 Å². The van der Waals surface area contributed by atoms with Crippen molar-refractivity contribution in [1.29, 1.82) is 0 Å². The van der Waals surface area contributed by atoms with Crippen LogP contribution in [-0.4, -0.2) is 11.8 Å². The highest BCUT2D eigenvalue weighted by Crippen LogP contribution is 2.23. The van der Waals surface area contributed by atoms with Gasteiger partial charge >= 0.3 is 5.63 Å². The number of hydrogen-bond acceptors (Lipinski definition) is 6. The Hall–Kier alpha value is -5.08. The average Bonchev–Trinajstić information content (AvgIpc) is 2.96. The van der Waals surface area contributed by atoms with E-state index in [4.69, 9.17) is 26.5 Å². The number of anilines is 2. The lowest BCUT2D eigenvalue weighted by Crippen LogP contribution is -2.27. The lowest BCUT2D eigenvalue weighted by Gasteiger charge is -2.10. The Balaban J connectivity index is 1.21. The minimum atomic E-state index is -0.763. The second-order valence-corrected chi connectivity index (χ2v) is 9.36. The number of halogens is 1. The van der Waals surface area contributed by atoms with E-state index in [1.54, 1.807) is 72.8 Å². The van der Waals surface area contributed by atoms with E-state index in [0.717, 1.165) is 11.1 Å². The molecular weight excluding hydrogens is 530 g/mol. The first-order valence-corrected chi connectivity index (χ1v) is 12.7. The number of fused-ring (bicyclic) bond motifs is 1. The molecule has 4 aromatic carbocycles. The Labute approximate surface area is 234 Å². The van der Waals surface area contributed by atoms with Crippen LogP contribution < -0.4 is 26.7 Å². The van der Waals surface area contributed by atoms with Crippen molar-refractivity contribution in [2.24, 2.45) is 0 Å². The molecule has 0 aliphatic heterocycles. The van der Waals surface area contributed by atoms with Crippen LogP contribution in [0.2, 0.25) is 5.02 Å². The summed E-state index contributed by atoms with van der Waals surface area (Å²) in [5.41, 5.74) is 8.29. The molecule has 0 saturated carbocycles. The Morgan fingerprint density at radius 1 is 0.875 bits per heavy atom. The van der Waals surface area contributed by atoms with Gasteiger partial charge < -0.3 is 25.5 Å². The summed E-state index contributed by atoms with van der Waals surface area (Å²) in [5, 5.41) is 6.66. The molecule has 200 valence electrons. The molecule has 0 fully saturated rings. The third kappa shape index (κ3) is 6.14. The normalized spacial score (nSPS) is 10.7. The van der Waals surface area contributed by atoms with Gasteiger partial charge in [-0.05, 0) is 54.1 Å². The highest BCUT2D eigenvalue weighted by Gasteiger charge is 2.15. The van der Waals surface area contributed by atoms with E-state index in [-0.39, 0.29) is 24.6 Å². The number of nitrogens with one attached hydrogen (secondary N) is 2. The number of amides is 2. The van der Waals surface area contributed by atoms with Gasteiger partial charge in [-0.15, -0.1) is 0 Å². The van der Waals surface area contributed by atoms with Crippen LogP contribution in [0, 0.1) is 0 Å². The Kier molecular flexibility index (Phi) is 7.80. The van der Waals surface area contributed by atoms with Gasteiger partial charge in [0.15, 0.2) is 0 Å². The van der Waals surface area contributed by atoms with Crippen molar-refractivity contribution in [2.45, 2.75) is 13.2 Å². The molecule has 0 spiro atoms. The highest BCUT2D eigenvalue weighted by atomic mass is 35.5. The van der Waals surface area contributed by atoms with Crippen molar-refractivity contribution < 1.29 is 18.7 Å². The number of hydrogen-bond donors (Lipinski definition) is 3. The van der Waals surface area contributed by atoms with Crippen LogP contribution in [-0.2, 0) is 13.2 Å². The Morgan fingerprint density at radius 3 is 2.40 bits per heavy atom. The van der Waals surface area contributed by atoms with Crippen molar-refractivity contribution >= 4 is 45.8 Å². The number of benzene rings is 4. The molecule has 1 heterocycles. The number of nitrogen functional groups attached to an aromatic ring is 1. The van der Waals surface area contributed by atoms with Crippen LogP contribution in [0.3, 0.4) is 0 Å². The summed E-state index contributed by atoms with van der Waals surface area (Å²) in [7, 11) is 0. The maximum absolute atomic E-state index is 12.8. The van der Waals surface area contributed by atoms with Gasteiger partial charge in [-0.25, -0.2) is 4.79 Å². The maximum atomic E-state index is 12.8. The number of carbonyl (C=O) groups excluding carboxylic acids is 2. The van der Waals surface area contributed by atoms with Gasteiger partial charge in [0.05, 0.1) is 11.4 Å². The van der Waals surface area contributed by atoms with Crippen molar-refractivity contribution in [3.8, 4) is 5.75 Å². The van der Waals surface area contributed by atoms with E-state index in [1.165, 1.54) is 6.07 Å². The summed E-state index contributed by atoms with van der Waals surface area (Å²) in [6, 6.07) is 27.6. The molecule has 8 nitrogen and oxygen atoms in total. The molecule has 0 aliphatic rings. The molecule has 0 unspecified atom stereocenters. The van der Waals surface area contributed by atoms with Crippen molar-refractivity contribution in [2.75, 3.05) is 11.1 Å². The van der Waals surface area contributed by atoms with E-state index in [0.29, 0.717) is 38.7 Å².